The Morgan fingerprint density at radius 3 is 2.69 bits per heavy atom. The molecule has 0 radical (unpaired) electrons. The summed E-state index contributed by atoms with van der Waals surface area (Å²) in [4.78, 5) is 13.3. The van der Waals surface area contributed by atoms with E-state index in [1.54, 1.807) is 0 Å². The van der Waals surface area contributed by atoms with Crippen molar-refractivity contribution in [2.75, 3.05) is 6.54 Å². The van der Waals surface area contributed by atoms with Crippen LogP contribution in [0, 0.1) is 11.3 Å². The molecular formula is C10H11ClN4O. The smallest absolute Gasteiger partial charge is 0.275 e. The van der Waals surface area contributed by atoms with Crippen molar-refractivity contribution in [2.24, 2.45) is 0 Å². The summed E-state index contributed by atoms with van der Waals surface area (Å²) in [6.07, 6.45) is 0. The zero-order chi connectivity index (χ0) is 12.1. The predicted octanol–water partition coefficient (Wildman–Crippen LogP) is 1.50. The molecule has 0 fully saturated rings. The van der Waals surface area contributed by atoms with Gasteiger partial charge in [0.1, 0.15) is 6.54 Å². The molecule has 0 unspecified atom stereocenters. The minimum Gasteiger partial charge on any atom is -0.322 e. The van der Waals surface area contributed by atoms with Crippen molar-refractivity contribution in [3.05, 3.63) is 23.0 Å². The van der Waals surface area contributed by atoms with Gasteiger partial charge in [-0.05, 0) is 26.0 Å². The molecule has 0 aliphatic heterocycles. The number of hydrogen-bond acceptors (Lipinski definition) is 4. The van der Waals surface area contributed by atoms with Crippen LogP contribution in [0.25, 0.3) is 0 Å². The van der Waals surface area contributed by atoms with Crippen molar-refractivity contribution in [3.8, 4) is 6.07 Å². The van der Waals surface area contributed by atoms with Crippen LogP contribution >= 0.6 is 11.6 Å². The van der Waals surface area contributed by atoms with Gasteiger partial charge in [-0.3, -0.25) is 4.79 Å². The number of hydrogen-bond donors (Lipinski definition) is 0. The number of nitrogens with zero attached hydrogens (tertiary/aromatic N) is 4. The summed E-state index contributed by atoms with van der Waals surface area (Å²) in [5.74, 6) is -0.319. The highest BCUT2D eigenvalue weighted by atomic mass is 35.5. The highest BCUT2D eigenvalue weighted by Gasteiger charge is 2.19. The van der Waals surface area contributed by atoms with E-state index in [0.717, 1.165) is 0 Å². The van der Waals surface area contributed by atoms with Gasteiger partial charge in [-0.1, -0.05) is 11.6 Å². The van der Waals surface area contributed by atoms with Gasteiger partial charge in [0, 0.05) is 6.04 Å². The van der Waals surface area contributed by atoms with Crippen molar-refractivity contribution in [1.29, 1.82) is 5.26 Å². The molecular weight excluding hydrogens is 228 g/mol. The molecule has 1 aromatic heterocycles. The van der Waals surface area contributed by atoms with E-state index in [4.69, 9.17) is 16.9 Å². The fourth-order valence-corrected chi connectivity index (χ4v) is 1.24. The highest BCUT2D eigenvalue weighted by Crippen LogP contribution is 2.07. The summed E-state index contributed by atoms with van der Waals surface area (Å²) in [5.41, 5.74) is 0.188. The third kappa shape index (κ3) is 2.91. The Morgan fingerprint density at radius 1 is 1.56 bits per heavy atom. The Hall–Kier alpha value is -1.67. The first kappa shape index (κ1) is 12.4. The monoisotopic (exact) mass is 238 g/mol. The maximum Gasteiger partial charge on any atom is 0.275 e. The normalized spacial score (nSPS) is 9.94. The summed E-state index contributed by atoms with van der Waals surface area (Å²) < 4.78 is 0. The lowest BCUT2D eigenvalue weighted by atomic mass is 10.2. The largest absolute Gasteiger partial charge is 0.322 e. The van der Waals surface area contributed by atoms with Gasteiger partial charge in [0.25, 0.3) is 5.91 Å². The maximum atomic E-state index is 11.9. The molecule has 0 N–H and O–H groups in total. The molecule has 0 spiro atoms. The zero-order valence-electron chi connectivity index (χ0n) is 9.01. The molecule has 0 aliphatic rings. The molecule has 0 saturated heterocycles. The Bertz CT molecular complexity index is 410. The number of amides is 1. The van der Waals surface area contributed by atoms with Crippen molar-refractivity contribution in [1.82, 2.24) is 15.1 Å². The van der Waals surface area contributed by atoms with Crippen LogP contribution < -0.4 is 0 Å². The van der Waals surface area contributed by atoms with E-state index >= 15 is 0 Å². The van der Waals surface area contributed by atoms with Crippen LogP contribution in [0.15, 0.2) is 12.1 Å². The Balaban J connectivity index is 2.91. The molecule has 5 nitrogen and oxygen atoms in total. The van der Waals surface area contributed by atoms with Crippen molar-refractivity contribution >= 4 is 17.5 Å². The lowest BCUT2D eigenvalue weighted by Gasteiger charge is -2.22. The van der Waals surface area contributed by atoms with Gasteiger partial charge in [-0.25, -0.2) is 0 Å². The molecule has 84 valence electrons. The van der Waals surface area contributed by atoms with Crippen molar-refractivity contribution in [3.63, 3.8) is 0 Å². The number of carbonyl (C=O) groups excluding carboxylic acids is 1. The molecule has 0 atom stereocenters. The molecule has 1 aromatic rings. The second kappa shape index (κ2) is 5.42. The quantitative estimate of drug-likeness (QED) is 0.749. The molecule has 0 saturated carbocycles. The number of aromatic nitrogens is 2. The van der Waals surface area contributed by atoms with Gasteiger partial charge < -0.3 is 4.90 Å². The number of halogens is 1. The highest BCUT2D eigenvalue weighted by molar-refractivity contribution is 6.29. The Morgan fingerprint density at radius 2 is 2.25 bits per heavy atom. The third-order valence-corrected chi connectivity index (χ3v) is 2.18. The minimum atomic E-state index is -0.319. The molecule has 0 bridgehead atoms. The van der Waals surface area contributed by atoms with Crippen LogP contribution in [0.2, 0.25) is 5.15 Å². The molecule has 0 aliphatic carbocycles. The first-order chi connectivity index (χ1) is 7.56. The average molecular weight is 239 g/mol. The Kier molecular flexibility index (Phi) is 4.20. The van der Waals surface area contributed by atoms with E-state index in [1.807, 2.05) is 19.9 Å². The first-order valence-corrected chi connectivity index (χ1v) is 5.11. The minimum absolute atomic E-state index is 0.0286. The van der Waals surface area contributed by atoms with Gasteiger partial charge in [0.15, 0.2) is 10.8 Å². The second-order valence-electron chi connectivity index (χ2n) is 3.43. The third-order valence-electron chi connectivity index (χ3n) is 1.98. The van der Waals surface area contributed by atoms with E-state index in [1.165, 1.54) is 17.0 Å². The molecule has 0 aromatic carbocycles. The van der Waals surface area contributed by atoms with Crippen LogP contribution in [0.4, 0.5) is 0 Å². The van der Waals surface area contributed by atoms with Crippen LogP contribution in [0.5, 0.6) is 0 Å². The molecule has 6 heteroatoms. The average Bonchev–Trinajstić information content (AvgIpc) is 2.25. The summed E-state index contributed by atoms with van der Waals surface area (Å²) in [6, 6.07) is 4.86. The second-order valence-corrected chi connectivity index (χ2v) is 3.81. The van der Waals surface area contributed by atoms with Crippen LogP contribution in [-0.4, -0.2) is 33.6 Å². The van der Waals surface area contributed by atoms with E-state index in [9.17, 15) is 4.79 Å². The maximum absolute atomic E-state index is 11.9. The standard InChI is InChI=1S/C10H11ClN4O/c1-7(2)15(6-5-12)10(16)8-3-4-9(11)14-13-8/h3-4,7H,6H2,1-2H3. The lowest BCUT2D eigenvalue weighted by Crippen LogP contribution is -2.37. The van der Waals surface area contributed by atoms with E-state index in [2.05, 4.69) is 10.2 Å². The lowest BCUT2D eigenvalue weighted by molar-refractivity contribution is 0.0724. The fourth-order valence-electron chi connectivity index (χ4n) is 1.14. The SMILES string of the molecule is CC(C)N(CC#N)C(=O)c1ccc(Cl)nn1. The van der Waals surface area contributed by atoms with Gasteiger partial charge in [-0.2, -0.15) is 5.26 Å². The summed E-state index contributed by atoms with van der Waals surface area (Å²) in [7, 11) is 0. The van der Waals surface area contributed by atoms with E-state index in [0.29, 0.717) is 0 Å². The van der Waals surface area contributed by atoms with E-state index in [-0.39, 0.29) is 29.3 Å². The zero-order valence-corrected chi connectivity index (χ0v) is 9.77. The molecule has 1 amide bonds. The van der Waals surface area contributed by atoms with Crippen molar-refractivity contribution in [2.45, 2.75) is 19.9 Å². The van der Waals surface area contributed by atoms with Crippen LogP contribution in [0.3, 0.4) is 0 Å². The fraction of sp³-hybridized carbons (Fsp3) is 0.400. The van der Waals surface area contributed by atoms with Crippen LogP contribution in [-0.2, 0) is 0 Å². The number of rotatable bonds is 3. The summed E-state index contributed by atoms with van der Waals surface area (Å²) in [5, 5.41) is 16.1. The number of carbonyl (C=O) groups is 1. The summed E-state index contributed by atoms with van der Waals surface area (Å²) in [6.45, 7) is 3.69. The summed E-state index contributed by atoms with van der Waals surface area (Å²) >= 11 is 5.57. The van der Waals surface area contributed by atoms with Crippen molar-refractivity contribution < 1.29 is 4.79 Å². The van der Waals surface area contributed by atoms with Crippen LogP contribution in [0.1, 0.15) is 24.3 Å². The van der Waals surface area contributed by atoms with E-state index < -0.39 is 0 Å². The topological polar surface area (TPSA) is 69.9 Å². The van der Waals surface area contributed by atoms with Gasteiger partial charge >= 0.3 is 0 Å². The predicted molar refractivity (Wildman–Crippen MR) is 58.8 cm³/mol. The van der Waals surface area contributed by atoms with Gasteiger partial charge in [0.05, 0.1) is 6.07 Å². The number of nitriles is 1. The van der Waals surface area contributed by atoms with Gasteiger partial charge in [0.2, 0.25) is 0 Å². The van der Waals surface area contributed by atoms with Gasteiger partial charge in [-0.15, -0.1) is 10.2 Å². The molecule has 1 heterocycles. The molecule has 1 rings (SSSR count). The molecule has 16 heavy (non-hydrogen) atoms. The first-order valence-electron chi connectivity index (χ1n) is 4.73. The Labute approximate surface area is 98.6 Å².